The lowest BCUT2D eigenvalue weighted by molar-refractivity contribution is 0.263. The maximum absolute atomic E-state index is 5.83. The van der Waals surface area contributed by atoms with Gasteiger partial charge in [-0.3, -0.25) is 0 Å². The van der Waals surface area contributed by atoms with Crippen molar-refractivity contribution in [3.8, 4) is 17.2 Å². The summed E-state index contributed by atoms with van der Waals surface area (Å²) < 4.78 is 33.2. The zero-order chi connectivity index (χ0) is 22.7. The summed E-state index contributed by atoms with van der Waals surface area (Å²) in [6, 6.07) is 25.0. The Morgan fingerprint density at radius 3 is 1.00 bits per heavy atom. The van der Waals surface area contributed by atoms with Crippen molar-refractivity contribution >= 4 is 0 Å². The molecule has 34 heavy (non-hydrogen) atoms. The molecule has 3 aromatic rings. The summed E-state index contributed by atoms with van der Waals surface area (Å²) in [7, 11) is 0. The molecule has 3 aromatic carbocycles. The van der Waals surface area contributed by atoms with E-state index in [0.717, 1.165) is 37.1 Å². The molecule has 0 bridgehead atoms. The molecule has 3 heterocycles. The van der Waals surface area contributed by atoms with Gasteiger partial charge in [0, 0.05) is 5.92 Å². The predicted octanol–water partition coefficient (Wildman–Crippen LogP) is 4.20. The second-order valence-corrected chi connectivity index (χ2v) is 8.94. The van der Waals surface area contributed by atoms with Crippen LogP contribution in [0.1, 0.15) is 22.6 Å². The fourth-order valence-corrected chi connectivity index (χ4v) is 3.91. The Morgan fingerprint density at radius 1 is 0.500 bits per heavy atom. The van der Waals surface area contributed by atoms with Gasteiger partial charge in [-0.1, -0.05) is 36.4 Å². The minimum absolute atomic E-state index is 0.0717. The highest BCUT2D eigenvalue weighted by molar-refractivity contribution is 5.46. The molecule has 0 aliphatic carbocycles. The first-order valence-electron chi connectivity index (χ1n) is 11.8. The second-order valence-electron chi connectivity index (χ2n) is 8.94. The molecule has 0 radical (unpaired) electrons. The van der Waals surface area contributed by atoms with Crippen molar-refractivity contribution in [3.05, 3.63) is 89.5 Å². The van der Waals surface area contributed by atoms with Gasteiger partial charge < -0.3 is 28.4 Å². The van der Waals surface area contributed by atoms with Crippen LogP contribution in [0.25, 0.3) is 0 Å². The molecule has 0 N–H and O–H groups in total. The van der Waals surface area contributed by atoms with E-state index in [4.69, 9.17) is 28.4 Å². The van der Waals surface area contributed by atoms with E-state index >= 15 is 0 Å². The van der Waals surface area contributed by atoms with Crippen LogP contribution >= 0.6 is 0 Å². The fraction of sp³-hybridized carbons (Fsp3) is 0.357. The third-order valence-corrected chi connectivity index (χ3v) is 6.16. The van der Waals surface area contributed by atoms with Crippen molar-refractivity contribution in [2.45, 2.75) is 24.2 Å². The SMILES string of the molecule is c1cc(C(c2ccc(OC[C@@H]3CO3)cc2)c2ccc(OC[C@H]3CO3)cc2)ccc1OC[C@@H]1CO1. The van der Waals surface area contributed by atoms with E-state index in [1.807, 2.05) is 36.4 Å². The monoisotopic (exact) mass is 460 g/mol. The molecule has 0 aromatic heterocycles. The zero-order valence-electron chi connectivity index (χ0n) is 18.9. The smallest absolute Gasteiger partial charge is 0.119 e. The Balaban J connectivity index is 1.22. The number of hydrogen-bond acceptors (Lipinski definition) is 6. The highest BCUT2D eigenvalue weighted by Gasteiger charge is 2.25. The summed E-state index contributed by atoms with van der Waals surface area (Å²) in [4.78, 5) is 0. The van der Waals surface area contributed by atoms with Crippen molar-refractivity contribution in [3.63, 3.8) is 0 Å². The first kappa shape index (κ1) is 21.5. The molecule has 3 aliphatic rings. The molecule has 0 unspecified atom stereocenters. The van der Waals surface area contributed by atoms with Gasteiger partial charge in [-0.05, 0) is 53.1 Å². The van der Waals surface area contributed by atoms with Crippen molar-refractivity contribution < 1.29 is 28.4 Å². The molecule has 6 rings (SSSR count). The lowest BCUT2D eigenvalue weighted by atomic mass is 9.85. The summed E-state index contributed by atoms with van der Waals surface area (Å²) in [5, 5.41) is 0. The molecule has 0 spiro atoms. The number of benzene rings is 3. The number of epoxide rings is 3. The average molecular weight is 461 g/mol. The number of hydrogen-bond donors (Lipinski definition) is 0. The molecule has 176 valence electrons. The number of ether oxygens (including phenoxy) is 6. The molecular weight excluding hydrogens is 432 g/mol. The molecule has 3 fully saturated rings. The quantitative estimate of drug-likeness (QED) is 0.298. The predicted molar refractivity (Wildman–Crippen MR) is 126 cm³/mol. The molecular formula is C28H28O6. The lowest BCUT2D eigenvalue weighted by Gasteiger charge is -2.20. The first-order chi connectivity index (χ1) is 16.8. The third-order valence-electron chi connectivity index (χ3n) is 6.16. The molecule has 6 heteroatoms. The summed E-state index contributed by atoms with van der Waals surface area (Å²) in [5.74, 6) is 2.64. The summed E-state index contributed by atoms with van der Waals surface area (Å²) in [5.41, 5.74) is 3.57. The van der Waals surface area contributed by atoms with Gasteiger partial charge in [0.05, 0.1) is 19.8 Å². The maximum atomic E-state index is 5.83. The topological polar surface area (TPSA) is 65.3 Å². The van der Waals surface area contributed by atoms with Crippen molar-refractivity contribution in [2.75, 3.05) is 39.6 Å². The second kappa shape index (κ2) is 9.66. The highest BCUT2D eigenvalue weighted by Crippen LogP contribution is 2.35. The van der Waals surface area contributed by atoms with Crippen molar-refractivity contribution in [1.82, 2.24) is 0 Å². The van der Waals surface area contributed by atoms with E-state index in [9.17, 15) is 0 Å². The van der Waals surface area contributed by atoms with Crippen LogP contribution in [0, 0.1) is 0 Å². The minimum atomic E-state index is 0.0717. The Bertz CT molecular complexity index is 926. The molecule has 3 saturated heterocycles. The van der Waals surface area contributed by atoms with E-state index in [1.165, 1.54) is 16.7 Å². The normalized spacial score (nSPS) is 22.3. The van der Waals surface area contributed by atoms with E-state index in [0.29, 0.717) is 19.8 Å². The summed E-state index contributed by atoms with van der Waals surface area (Å²) in [6.07, 6.45) is 0.727. The molecule has 0 amide bonds. The average Bonchev–Trinajstić information content (AvgIpc) is 3.73. The lowest BCUT2D eigenvalue weighted by Crippen LogP contribution is -2.07. The van der Waals surface area contributed by atoms with Crippen LogP contribution in [0.2, 0.25) is 0 Å². The van der Waals surface area contributed by atoms with Crippen LogP contribution in [0.4, 0.5) is 0 Å². The van der Waals surface area contributed by atoms with Gasteiger partial charge >= 0.3 is 0 Å². The van der Waals surface area contributed by atoms with Gasteiger partial charge in [0.15, 0.2) is 0 Å². The summed E-state index contributed by atoms with van der Waals surface area (Å²) >= 11 is 0. The van der Waals surface area contributed by atoms with Crippen LogP contribution < -0.4 is 14.2 Å². The minimum Gasteiger partial charge on any atom is -0.491 e. The fourth-order valence-electron chi connectivity index (χ4n) is 3.91. The Labute approximate surface area is 199 Å². The molecule has 3 aliphatic heterocycles. The van der Waals surface area contributed by atoms with Gasteiger partial charge in [-0.25, -0.2) is 0 Å². The first-order valence-corrected chi connectivity index (χ1v) is 11.8. The Hall–Kier alpha value is -3.06. The molecule has 0 saturated carbocycles. The van der Waals surface area contributed by atoms with E-state index < -0.39 is 0 Å². The molecule has 3 atom stereocenters. The van der Waals surface area contributed by atoms with Gasteiger partial charge in [-0.15, -0.1) is 0 Å². The van der Waals surface area contributed by atoms with Crippen molar-refractivity contribution in [2.24, 2.45) is 0 Å². The van der Waals surface area contributed by atoms with Crippen LogP contribution in [0.5, 0.6) is 17.2 Å². The number of rotatable bonds is 12. The summed E-state index contributed by atoms with van der Waals surface area (Å²) in [6.45, 7) is 4.18. The zero-order valence-corrected chi connectivity index (χ0v) is 18.9. The van der Waals surface area contributed by atoms with Gasteiger partial charge in [0.25, 0.3) is 0 Å². The van der Waals surface area contributed by atoms with Crippen LogP contribution in [0.3, 0.4) is 0 Å². The Morgan fingerprint density at radius 2 is 0.765 bits per heavy atom. The van der Waals surface area contributed by atoms with Crippen LogP contribution in [-0.2, 0) is 14.2 Å². The van der Waals surface area contributed by atoms with Gasteiger partial charge in [0.2, 0.25) is 0 Å². The largest absolute Gasteiger partial charge is 0.491 e. The van der Waals surface area contributed by atoms with E-state index in [-0.39, 0.29) is 24.2 Å². The third kappa shape index (κ3) is 5.70. The van der Waals surface area contributed by atoms with Gasteiger partial charge in [0.1, 0.15) is 55.4 Å². The van der Waals surface area contributed by atoms with Crippen LogP contribution in [-0.4, -0.2) is 58.0 Å². The Kier molecular flexibility index (Phi) is 6.10. The van der Waals surface area contributed by atoms with Crippen molar-refractivity contribution in [1.29, 1.82) is 0 Å². The molecule has 6 nitrogen and oxygen atoms in total. The standard InChI is InChI=1S/C28H28O6/c1-7-22(29-13-25-16-32-25)8-2-19(1)28(20-3-9-23(10-4-20)30-14-26-17-33-26)21-5-11-24(12-6-21)31-15-27-18-34-27/h1-12,25-28H,13-18H2/t25-,26-,27+/m1/s1. The van der Waals surface area contributed by atoms with Gasteiger partial charge in [-0.2, -0.15) is 0 Å². The van der Waals surface area contributed by atoms with Crippen LogP contribution in [0.15, 0.2) is 72.8 Å². The van der Waals surface area contributed by atoms with E-state index in [2.05, 4.69) is 36.4 Å². The highest BCUT2D eigenvalue weighted by atomic mass is 16.6. The maximum Gasteiger partial charge on any atom is 0.119 e. The van der Waals surface area contributed by atoms with E-state index in [1.54, 1.807) is 0 Å².